The molecule has 0 aromatic rings. The van der Waals surface area contributed by atoms with E-state index in [2.05, 4.69) is 17.6 Å². The Morgan fingerprint density at radius 2 is 1.18 bits per heavy atom. The molecule has 1 aliphatic heterocycles. The molecule has 0 aromatic carbocycles. The molecule has 0 spiro atoms. The van der Waals surface area contributed by atoms with Crippen LogP contribution in [0.15, 0.2) is 22.8 Å². The Kier molecular flexibility index (Phi) is 34.7. The van der Waals surface area contributed by atoms with E-state index in [1.807, 2.05) is 6.92 Å². The molecule has 0 radical (unpaired) electrons. The van der Waals surface area contributed by atoms with Crippen LogP contribution in [0.1, 0.15) is 205 Å². The van der Waals surface area contributed by atoms with Crippen LogP contribution in [0.4, 0.5) is 0 Å². The van der Waals surface area contributed by atoms with Crippen molar-refractivity contribution >= 4 is 88.9 Å². The molecule has 30 heteroatoms. The predicted octanol–water partition coefficient (Wildman–Crippen LogP) is 3.91. The number of aliphatic hydroxyl groups is 2. The lowest BCUT2D eigenvalue weighted by Crippen LogP contribution is -2.64. The van der Waals surface area contributed by atoms with Crippen LogP contribution < -0.4 is 16.4 Å². The first-order valence-electron chi connectivity index (χ1n) is 31.0. The number of fused-ring (bicyclic) bond motifs is 3. The molecule has 30 nitrogen and oxygen atoms in total. The zero-order valence-electron chi connectivity index (χ0n) is 54.9. The lowest BCUT2D eigenvalue weighted by atomic mass is 9.75. The number of unbranched alkanes of at least 4 members (excludes halogenated alkanes) is 4. The Bertz CT molecular complexity index is 2790. The van der Waals surface area contributed by atoms with Gasteiger partial charge in [-0.15, -0.1) is 0 Å². The van der Waals surface area contributed by atoms with Gasteiger partial charge in [-0.1, -0.05) is 65.9 Å². The van der Waals surface area contributed by atoms with Crippen molar-refractivity contribution < 1.29 is 131 Å². The number of Topliss-reactive ketones (excluding diaryl/α,β-unsaturated/α-hetero) is 3. The maximum atomic E-state index is 13.3. The molecule has 2 fully saturated rings. The lowest BCUT2D eigenvalue weighted by Gasteiger charge is -2.41. The quantitative estimate of drug-likeness (QED) is 0.0139. The average Bonchev–Trinajstić information content (AvgIpc) is 1.53. The predicted molar refractivity (Wildman–Crippen MR) is 324 cm³/mol. The van der Waals surface area contributed by atoms with Crippen LogP contribution in [0.5, 0.6) is 0 Å². The molecule has 93 heavy (non-hydrogen) atoms. The third kappa shape index (κ3) is 25.1. The molecule has 3 aliphatic rings. The summed E-state index contributed by atoms with van der Waals surface area (Å²) in [7, 11) is 0. The standard InChI is InChI=1S/C33H48O12.C17H28N2O7.C13H19NO8/c1-9-12-13-14-15-16-23(36)42-27-25-24(19(5)26(27)43-29(37)18(4)10-2)28-33(40,32(8,39)30(38)44-28)21(41-22(35)11-3)17-31(25,7)45-20(6)34;1-3-5-10(16(23)24)8-12(21)6-7-14(17(25)26)19-15(22)13(18)9-11(20)4-2;1-7(15)14-10(13(21)22)4-3-9(16)6-8(12(19)20)2-5-11(17)18/h10,21,25-28,39-40H,9,11-17H2,1-8H3;10,13-14H,3-9,18H2,1-2H3,(H,19,22)(H,23,24)(H,25,26);8,10H,2-6H2,1H3,(H,14,15)(H,17,18)(H,19,20)(H,21,22)/b18-10-;;/t21-,25+,26-,27-,28-,31-,32+,33+;10-,13+,14+;8-,10+/m011/s1. The second-order valence-corrected chi connectivity index (χ2v) is 23.7. The molecule has 1 heterocycles. The molecule has 3 rings (SSSR count). The smallest absolute Gasteiger partial charge is 0.341 e. The Hall–Kier alpha value is -7.99. The van der Waals surface area contributed by atoms with Crippen molar-refractivity contribution in [3.63, 3.8) is 0 Å². The Labute approximate surface area is 539 Å². The number of ketones is 3. The molecule has 13 atom stereocenters. The van der Waals surface area contributed by atoms with Gasteiger partial charge in [0.15, 0.2) is 29.5 Å². The molecule has 2 aliphatic carbocycles. The lowest BCUT2D eigenvalue weighted by molar-refractivity contribution is -0.212. The SMILES string of the molecule is C/C=C(/C)C(=O)O[C@H]1C(C)=C2[C@H]([C@@H]1OC(=O)CCCCCCC)[C@@](C)(OC(C)=O)C[C@H](OC(=O)CC)[C@@]1(O)[C@H]2OC(=O)[C@@]1(C)O.CC(=O)N[C@@H](CCC(=O)C[C@@H](CCC(=O)O)C(=O)O)C(=O)O.CCC[C@H](CC(=O)CC[C@H](NC(=O)[C@@H](N)CC(=O)CC)C(=O)O)C(=O)O. The fourth-order valence-corrected chi connectivity index (χ4v) is 10.9. The van der Waals surface area contributed by atoms with Crippen molar-refractivity contribution in [2.45, 2.75) is 264 Å². The van der Waals surface area contributed by atoms with Crippen molar-refractivity contribution in [2.24, 2.45) is 23.5 Å². The summed E-state index contributed by atoms with van der Waals surface area (Å²) in [5.74, 6) is -15.5. The number of rotatable bonds is 37. The van der Waals surface area contributed by atoms with Gasteiger partial charge in [0.2, 0.25) is 11.8 Å². The van der Waals surface area contributed by atoms with E-state index < -0.39 is 161 Å². The number of carboxylic acid groups (broad SMARTS) is 5. The van der Waals surface area contributed by atoms with Gasteiger partial charge in [-0.05, 0) is 77.9 Å². The van der Waals surface area contributed by atoms with E-state index in [1.54, 1.807) is 33.8 Å². The number of nitrogens with one attached hydrogen (secondary N) is 2. The van der Waals surface area contributed by atoms with E-state index in [1.165, 1.54) is 20.8 Å². The summed E-state index contributed by atoms with van der Waals surface area (Å²) in [4.78, 5) is 177. The van der Waals surface area contributed by atoms with E-state index in [0.717, 1.165) is 39.5 Å². The highest BCUT2D eigenvalue weighted by Crippen LogP contribution is 2.57. The molecule has 524 valence electrons. The summed E-state index contributed by atoms with van der Waals surface area (Å²) < 4.78 is 29.1. The highest BCUT2D eigenvalue weighted by atomic mass is 16.6. The normalized spacial score (nSPS) is 23.6. The molecule has 2 amide bonds. The minimum atomic E-state index is -2.57. The number of aliphatic carboxylic acids is 5. The zero-order chi connectivity index (χ0) is 71.5. The topological polar surface area (TPSA) is 494 Å². The van der Waals surface area contributed by atoms with Crippen LogP contribution in [0.25, 0.3) is 0 Å². The molecule has 0 bridgehead atoms. The molecular weight excluding hydrogens is 1230 g/mol. The minimum Gasteiger partial charge on any atom is -0.481 e. The van der Waals surface area contributed by atoms with Gasteiger partial charge in [0.25, 0.3) is 0 Å². The fraction of sp³-hybridized carbons (Fsp3) is 0.698. The van der Waals surface area contributed by atoms with Crippen LogP contribution in [-0.2, 0) is 95.6 Å². The third-order valence-electron chi connectivity index (χ3n) is 16.2. The van der Waals surface area contributed by atoms with Gasteiger partial charge in [-0.2, -0.15) is 0 Å². The van der Waals surface area contributed by atoms with Gasteiger partial charge < -0.3 is 75.8 Å². The van der Waals surface area contributed by atoms with E-state index in [4.69, 9.17) is 49.8 Å². The van der Waals surface area contributed by atoms with E-state index in [-0.39, 0.29) is 105 Å². The zero-order valence-corrected chi connectivity index (χ0v) is 54.9. The number of nitrogens with two attached hydrogens (primary N) is 1. The number of carboxylic acids is 5. The van der Waals surface area contributed by atoms with Crippen molar-refractivity contribution in [2.75, 3.05) is 0 Å². The monoisotopic (exact) mass is 1330 g/mol. The number of amides is 2. The van der Waals surface area contributed by atoms with Gasteiger partial charge in [0.05, 0.1) is 23.8 Å². The van der Waals surface area contributed by atoms with E-state index in [9.17, 15) is 87.2 Å². The van der Waals surface area contributed by atoms with Crippen molar-refractivity contribution in [3.05, 3.63) is 22.8 Å². The fourth-order valence-electron chi connectivity index (χ4n) is 10.9. The number of esters is 5. The number of hydrogen-bond donors (Lipinski definition) is 10. The van der Waals surface area contributed by atoms with Crippen LogP contribution in [0, 0.1) is 17.8 Å². The first-order valence-corrected chi connectivity index (χ1v) is 31.0. The van der Waals surface area contributed by atoms with Crippen molar-refractivity contribution in [1.82, 2.24) is 10.6 Å². The summed E-state index contributed by atoms with van der Waals surface area (Å²) in [6.07, 6.45) is -1.01. The third-order valence-corrected chi connectivity index (χ3v) is 16.2. The summed E-state index contributed by atoms with van der Waals surface area (Å²) in [6.45, 7) is 16.7. The van der Waals surface area contributed by atoms with Gasteiger partial charge in [-0.25, -0.2) is 19.2 Å². The van der Waals surface area contributed by atoms with E-state index >= 15 is 0 Å². The van der Waals surface area contributed by atoms with Gasteiger partial charge in [0.1, 0.15) is 41.1 Å². The first-order chi connectivity index (χ1) is 43.2. The first kappa shape index (κ1) is 83.0. The van der Waals surface area contributed by atoms with Gasteiger partial charge >= 0.3 is 59.7 Å². The van der Waals surface area contributed by atoms with Gasteiger partial charge in [0, 0.05) is 83.6 Å². The van der Waals surface area contributed by atoms with Crippen LogP contribution >= 0.6 is 0 Å². The maximum absolute atomic E-state index is 13.3. The minimum absolute atomic E-state index is 0.0773. The average molecular weight is 1330 g/mol. The second kappa shape index (κ2) is 38.9. The van der Waals surface area contributed by atoms with E-state index in [0.29, 0.717) is 19.3 Å². The van der Waals surface area contributed by atoms with Crippen LogP contribution in [0.3, 0.4) is 0 Å². The summed E-state index contributed by atoms with van der Waals surface area (Å²) >= 11 is 0. The maximum Gasteiger partial charge on any atom is 0.341 e. The van der Waals surface area contributed by atoms with Crippen molar-refractivity contribution in [3.8, 4) is 0 Å². The van der Waals surface area contributed by atoms with Crippen LogP contribution in [0.2, 0.25) is 0 Å². The second-order valence-electron chi connectivity index (χ2n) is 23.7. The molecule has 0 aromatic heterocycles. The number of hydrogen-bond acceptors (Lipinski definition) is 23. The molecule has 0 unspecified atom stereocenters. The molecule has 1 saturated heterocycles. The Morgan fingerprint density at radius 3 is 1.65 bits per heavy atom. The largest absolute Gasteiger partial charge is 0.481 e. The highest BCUT2D eigenvalue weighted by Gasteiger charge is 2.76. The molecular formula is C63H95N3O27. The number of allylic oxidation sites excluding steroid dienone is 1. The highest BCUT2D eigenvalue weighted by molar-refractivity contribution is 5.92. The summed E-state index contributed by atoms with van der Waals surface area (Å²) in [5, 5.41) is 72.6. The molecule has 11 N–H and O–H groups in total. The Morgan fingerprint density at radius 1 is 0.645 bits per heavy atom. The number of carbonyl (C=O) groups excluding carboxylic acids is 10. The van der Waals surface area contributed by atoms with Gasteiger partial charge in [-0.3, -0.25) is 52.7 Å². The summed E-state index contributed by atoms with van der Waals surface area (Å²) in [5.41, 5.74) is -0.547. The van der Waals surface area contributed by atoms with Crippen LogP contribution in [-0.4, -0.2) is 184 Å². The Balaban J connectivity index is 0.000000766. The molecule has 1 saturated carbocycles. The number of ether oxygens (including phenoxy) is 5. The summed E-state index contributed by atoms with van der Waals surface area (Å²) in [6, 6.07) is -3.70. The number of carbonyl (C=O) groups is 15. The van der Waals surface area contributed by atoms with Crippen molar-refractivity contribution in [1.29, 1.82) is 0 Å².